The highest BCUT2D eigenvalue weighted by Crippen LogP contribution is 2.45. The van der Waals surface area contributed by atoms with Gasteiger partial charge in [0.1, 0.15) is 19.3 Å². The lowest BCUT2D eigenvalue weighted by Gasteiger charge is -2.21. The number of carbonyl (C=O) groups is 4. The molecule has 6 atom stereocenters. The second kappa shape index (κ2) is 66.3. The summed E-state index contributed by atoms with van der Waals surface area (Å²) in [5.41, 5.74) is 0. The van der Waals surface area contributed by atoms with Gasteiger partial charge in [-0.05, 0) is 49.4 Å². The standard InChI is InChI=1S/C77H150O17P2/c1-9-70(8)56-48-40-31-27-28-32-41-49-57-74(79)87-63-72(93-76(81)59-52-44-34-26-22-18-14-13-16-20-24-30-38-46-54-68(4)5)65-91-95(83,84)89-61-71(78)62-90-96(85,86)92-66-73(64-88-75(80)58-50-42-36-35-39-47-55-69(6)7)94-77(82)60-51-43-33-25-21-17-12-10-11-15-19-23-29-37-45-53-67(2)3/h67-73,78H,9-66H2,1-8H3,(H,83,84)(H,85,86)/t70?,71?,72-,73-/m1/s1. The van der Waals surface area contributed by atoms with Gasteiger partial charge in [0.15, 0.2) is 12.2 Å². The second-order valence-corrected chi connectivity index (χ2v) is 32.3. The molecular formula is C77H150O17P2. The largest absolute Gasteiger partial charge is 0.472 e. The highest BCUT2D eigenvalue weighted by atomic mass is 31.2. The number of rotatable bonds is 74. The van der Waals surface area contributed by atoms with Crippen LogP contribution in [0.3, 0.4) is 0 Å². The number of hydrogen-bond acceptors (Lipinski definition) is 15. The molecule has 96 heavy (non-hydrogen) atoms. The molecule has 0 rings (SSSR count). The predicted octanol–water partition coefficient (Wildman–Crippen LogP) is 22.4. The van der Waals surface area contributed by atoms with Crippen molar-refractivity contribution in [3.05, 3.63) is 0 Å². The molecule has 3 N–H and O–H groups in total. The summed E-state index contributed by atoms with van der Waals surface area (Å²) < 4.78 is 68.5. The number of esters is 4. The molecule has 0 heterocycles. The first-order valence-corrected chi connectivity index (χ1v) is 42.7. The van der Waals surface area contributed by atoms with Gasteiger partial charge in [-0.1, -0.05) is 338 Å². The van der Waals surface area contributed by atoms with E-state index < -0.39 is 97.5 Å². The zero-order valence-electron chi connectivity index (χ0n) is 63.0. The molecular weight excluding hydrogens is 1260 g/mol. The van der Waals surface area contributed by atoms with Gasteiger partial charge in [-0.3, -0.25) is 37.3 Å². The third-order valence-corrected chi connectivity index (χ3v) is 20.1. The van der Waals surface area contributed by atoms with Gasteiger partial charge in [0.25, 0.3) is 0 Å². The van der Waals surface area contributed by atoms with Gasteiger partial charge in [0, 0.05) is 25.7 Å². The molecule has 0 radical (unpaired) electrons. The maximum absolute atomic E-state index is 13.1. The van der Waals surface area contributed by atoms with E-state index in [0.717, 1.165) is 114 Å². The summed E-state index contributed by atoms with van der Waals surface area (Å²) in [5, 5.41) is 10.6. The Bertz CT molecular complexity index is 1890. The summed E-state index contributed by atoms with van der Waals surface area (Å²) in [4.78, 5) is 72.8. The number of aliphatic hydroxyl groups excluding tert-OH is 1. The van der Waals surface area contributed by atoms with Crippen LogP contribution in [0, 0.1) is 23.7 Å². The van der Waals surface area contributed by atoms with Crippen molar-refractivity contribution in [3.8, 4) is 0 Å². The molecule has 0 aliphatic rings. The molecule has 0 fully saturated rings. The summed E-state index contributed by atoms with van der Waals surface area (Å²) >= 11 is 0. The molecule has 0 amide bonds. The van der Waals surface area contributed by atoms with Crippen LogP contribution in [0.2, 0.25) is 0 Å². The molecule has 0 aliphatic carbocycles. The van der Waals surface area contributed by atoms with Crippen molar-refractivity contribution in [1.82, 2.24) is 0 Å². The first kappa shape index (κ1) is 94.1. The third-order valence-electron chi connectivity index (χ3n) is 18.2. The molecule has 4 unspecified atom stereocenters. The van der Waals surface area contributed by atoms with Gasteiger partial charge in [0.2, 0.25) is 0 Å². The molecule has 0 spiro atoms. The molecule has 0 saturated heterocycles. The van der Waals surface area contributed by atoms with E-state index in [1.165, 1.54) is 186 Å². The number of phosphoric ester groups is 2. The minimum Gasteiger partial charge on any atom is -0.462 e. The highest BCUT2D eigenvalue weighted by Gasteiger charge is 2.30. The van der Waals surface area contributed by atoms with Crippen LogP contribution in [0.15, 0.2) is 0 Å². The molecule has 17 nitrogen and oxygen atoms in total. The molecule has 0 saturated carbocycles. The number of hydrogen-bond donors (Lipinski definition) is 3. The second-order valence-electron chi connectivity index (χ2n) is 29.4. The summed E-state index contributed by atoms with van der Waals surface area (Å²) in [6, 6.07) is 0. The van der Waals surface area contributed by atoms with E-state index >= 15 is 0 Å². The van der Waals surface area contributed by atoms with Crippen molar-refractivity contribution in [2.45, 2.75) is 408 Å². The smallest absolute Gasteiger partial charge is 0.462 e. The first-order valence-electron chi connectivity index (χ1n) is 39.7. The summed E-state index contributed by atoms with van der Waals surface area (Å²) in [6.07, 6.45) is 51.4. The molecule has 0 aromatic heterocycles. The minimum absolute atomic E-state index is 0.106. The van der Waals surface area contributed by atoms with E-state index in [9.17, 15) is 43.2 Å². The van der Waals surface area contributed by atoms with Gasteiger partial charge in [-0.15, -0.1) is 0 Å². The van der Waals surface area contributed by atoms with Crippen LogP contribution in [0.25, 0.3) is 0 Å². The van der Waals surface area contributed by atoms with Crippen LogP contribution in [-0.2, 0) is 65.4 Å². The van der Waals surface area contributed by atoms with E-state index in [1.807, 2.05) is 0 Å². The topological polar surface area (TPSA) is 237 Å². The van der Waals surface area contributed by atoms with Crippen molar-refractivity contribution >= 4 is 39.5 Å². The van der Waals surface area contributed by atoms with Crippen LogP contribution < -0.4 is 0 Å². The summed E-state index contributed by atoms with van der Waals surface area (Å²) in [6.45, 7) is 14.2. The lowest BCUT2D eigenvalue weighted by atomic mass is 9.99. The average Bonchev–Trinajstić information content (AvgIpc) is 1.49. The number of carbonyl (C=O) groups excluding carboxylic acids is 4. The fraction of sp³-hybridized carbons (Fsp3) is 0.948. The molecule has 0 aromatic rings. The van der Waals surface area contributed by atoms with E-state index in [2.05, 4.69) is 55.4 Å². The maximum atomic E-state index is 13.1. The zero-order valence-corrected chi connectivity index (χ0v) is 64.8. The molecule has 19 heteroatoms. The SMILES string of the molecule is CCC(C)CCCCCCCCCCC(=O)OC[C@H](COP(=O)(O)OCC(O)COP(=O)(O)OC[C@@H](COC(=O)CCCCCCCCC(C)C)OC(=O)CCCCCCCCCCCCCCCCCC(C)C)OC(=O)CCCCCCCCCCCCCCCCC(C)C. The monoisotopic (exact) mass is 1410 g/mol. The van der Waals surface area contributed by atoms with Gasteiger partial charge >= 0.3 is 39.5 Å². The first-order chi connectivity index (χ1) is 46.1. The van der Waals surface area contributed by atoms with Gasteiger partial charge in [-0.25, -0.2) is 9.13 Å². The predicted molar refractivity (Wildman–Crippen MR) is 391 cm³/mol. The Morgan fingerprint density at radius 2 is 0.500 bits per heavy atom. The molecule has 0 bridgehead atoms. The summed E-state index contributed by atoms with van der Waals surface area (Å²) in [5.74, 6) is 0.933. The van der Waals surface area contributed by atoms with Crippen molar-refractivity contribution in [2.24, 2.45) is 23.7 Å². The number of aliphatic hydroxyl groups is 1. The zero-order chi connectivity index (χ0) is 71.0. The number of unbranched alkanes of at least 4 members (excludes halogenated alkanes) is 39. The van der Waals surface area contributed by atoms with E-state index in [4.69, 9.17) is 37.0 Å². The normalized spacial score (nSPS) is 14.4. The lowest BCUT2D eigenvalue weighted by molar-refractivity contribution is -0.161. The van der Waals surface area contributed by atoms with Gasteiger partial charge in [0.05, 0.1) is 26.4 Å². The van der Waals surface area contributed by atoms with Crippen LogP contribution in [0.4, 0.5) is 0 Å². The Labute approximate surface area is 588 Å². The van der Waals surface area contributed by atoms with E-state index in [1.54, 1.807) is 0 Å². The van der Waals surface area contributed by atoms with Crippen molar-refractivity contribution < 1.29 is 80.2 Å². The average molecular weight is 1410 g/mol. The molecule has 0 aliphatic heterocycles. The van der Waals surface area contributed by atoms with Crippen molar-refractivity contribution in [1.29, 1.82) is 0 Å². The van der Waals surface area contributed by atoms with Gasteiger partial charge in [-0.2, -0.15) is 0 Å². The maximum Gasteiger partial charge on any atom is 0.472 e. The van der Waals surface area contributed by atoms with Crippen LogP contribution >= 0.6 is 15.6 Å². The summed E-state index contributed by atoms with van der Waals surface area (Å²) in [7, 11) is -9.91. The Morgan fingerprint density at radius 1 is 0.292 bits per heavy atom. The Kier molecular flexibility index (Phi) is 65.0. The van der Waals surface area contributed by atoms with E-state index in [0.29, 0.717) is 31.6 Å². The number of ether oxygens (including phenoxy) is 4. The van der Waals surface area contributed by atoms with E-state index in [-0.39, 0.29) is 25.7 Å². The molecule has 0 aromatic carbocycles. The van der Waals surface area contributed by atoms with Gasteiger partial charge < -0.3 is 33.8 Å². The fourth-order valence-corrected chi connectivity index (χ4v) is 13.3. The van der Waals surface area contributed by atoms with Crippen LogP contribution in [-0.4, -0.2) is 96.7 Å². The van der Waals surface area contributed by atoms with Crippen molar-refractivity contribution in [3.63, 3.8) is 0 Å². The van der Waals surface area contributed by atoms with Crippen LogP contribution in [0.5, 0.6) is 0 Å². The Balaban J connectivity index is 5.22. The Hall–Kier alpha value is -1.94. The fourth-order valence-electron chi connectivity index (χ4n) is 11.7. The quantitative estimate of drug-likeness (QED) is 0.0222. The number of phosphoric acid groups is 2. The Morgan fingerprint density at radius 3 is 0.740 bits per heavy atom. The highest BCUT2D eigenvalue weighted by molar-refractivity contribution is 7.47. The minimum atomic E-state index is -4.96. The van der Waals surface area contributed by atoms with Crippen molar-refractivity contribution in [2.75, 3.05) is 39.6 Å². The van der Waals surface area contributed by atoms with Crippen LogP contribution in [0.1, 0.15) is 389 Å². The lowest BCUT2D eigenvalue weighted by Crippen LogP contribution is -2.30. The molecule has 570 valence electrons. The third kappa shape index (κ3) is 69.2.